The molecule has 0 aliphatic heterocycles. The molecule has 0 aromatic heterocycles. The molecule has 0 atom stereocenters. The zero-order valence-electron chi connectivity index (χ0n) is 11.2. The van der Waals surface area contributed by atoms with Crippen molar-refractivity contribution in [2.45, 2.75) is 40.2 Å². The molecule has 92 valence electrons. The highest BCUT2D eigenvalue weighted by Crippen LogP contribution is 2.12. The predicted molar refractivity (Wildman–Crippen MR) is 70.8 cm³/mol. The molecule has 0 N–H and O–H groups in total. The van der Waals surface area contributed by atoms with E-state index >= 15 is 0 Å². The molecule has 0 aliphatic carbocycles. The molecule has 2 nitrogen and oxygen atoms in total. The second-order valence-electron chi connectivity index (χ2n) is 5.21. The Bertz CT molecular complexity index is 437. The first-order valence-corrected chi connectivity index (χ1v) is 5.76. The first-order chi connectivity index (χ1) is 7.78. The van der Waals surface area contributed by atoms with E-state index in [1.165, 1.54) is 17.2 Å². The van der Waals surface area contributed by atoms with Crippen molar-refractivity contribution >= 4 is 12.0 Å². The van der Waals surface area contributed by atoms with Crippen molar-refractivity contribution in [1.82, 2.24) is 0 Å². The van der Waals surface area contributed by atoms with Crippen LogP contribution in [0.1, 0.15) is 37.5 Å². The maximum atomic E-state index is 11.5. The van der Waals surface area contributed by atoms with Crippen molar-refractivity contribution in [3.8, 4) is 0 Å². The molecule has 0 spiro atoms. The summed E-state index contributed by atoms with van der Waals surface area (Å²) in [5.74, 6) is -0.310. The number of hydrogen-bond acceptors (Lipinski definition) is 2. The molecule has 0 saturated heterocycles. The van der Waals surface area contributed by atoms with Gasteiger partial charge in [-0.15, -0.1) is 0 Å². The minimum atomic E-state index is -0.440. The first kappa shape index (κ1) is 13.5. The largest absolute Gasteiger partial charge is 0.457 e. The van der Waals surface area contributed by atoms with E-state index in [0.29, 0.717) is 0 Å². The van der Waals surface area contributed by atoms with E-state index in [2.05, 4.69) is 19.9 Å². The Balaban J connectivity index is 2.71. The SMILES string of the molecule is Cc1ccc(/C=C/C(=O)OC(C)(C)C)cc1C. The summed E-state index contributed by atoms with van der Waals surface area (Å²) in [7, 11) is 0. The average molecular weight is 232 g/mol. The van der Waals surface area contributed by atoms with Gasteiger partial charge in [0, 0.05) is 6.08 Å². The number of ether oxygens (including phenoxy) is 1. The summed E-state index contributed by atoms with van der Waals surface area (Å²) in [4.78, 5) is 11.5. The van der Waals surface area contributed by atoms with Crippen LogP contribution in [0.5, 0.6) is 0 Å². The van der Waals surface area contributed by atoms with E-state index in [9.17, 15) is 4.79 Å². The third-order valence-corrected chi connectivity index (χ3v) is 2.35. The van der Waals surface area contributed by atoms with Gasteiger partial charge in [0.15, 0.2) is 0 Å². The Morgan fingerprint density at radius 3 is 2.35 bits per heavy atom. The van der Waals surface area contributed by atoms with Gasteiger partial charge in [0.25, 0.3) is 0 Å². The molecule has 0 saturated carbocycles. The summed E-state index contributed by atoms with van der Waals surface area (Å²) in [6, 6.07) is 6.09. The van der Waals surface area contributed by atoms with Crippen LogP contribution >= 0.6 is 0 Å². The number of esters is 1. The number of aryl methyl sites for hydroxylation is 2. The van der Waals surface area contributed by atoms with Crippen LogP contribution in [0.25, 0.3) is 6.08 Å². The lowest BCUT2D eigenvalue weighted by Crippen LogP contribution is -2.22. The van der Waals surface area contributed by atoms with E-state index in [-0.39, 0.29) is 5.97 Å². The molecule has 2 heteroatoms. The Hall–Kier alpha value is -1.57. The summed E-state index contributed by atoms with van der Waals surface area (Å²) in [5, 5.41) is 0. The number of carbonyl (C=O) groups excluding carboxylic acids is 1. The Morgan fingerprint density at radius 1 is 1.18 bits per heavy atom. The molecular formula is C15H20O2. The molecule has 1 aromatic carbocycles. The van der Waals surface area contributed by atoms with Crippen LogP contribution in [0.4, 0.5) is 0 Å². The van der Waals surface area contributed by atoms with Crippen LogP contribution < -0.4 is 0 Å². The second-order valence-corrected chi connectivity index (χ2v) is 5.21. The van der Waals surface area contributed by atoms with Crippen molar-refractivity contribution in [1.29, 1.82) is 0 Å². The van der Waals surface area contributed by atoms with Crippen LogP contribution in [0.3, 0.4) is 0 Å². The molecule has 0 aliphatic rings. The van der Waals surface area contributed by atoms with Gasteiger partial charge in [0.1, 0.15) is 5.60 Å². The summed E-state index contributed by atoms with van der Waals surface area (Å²) in [5.41, 5.74) is 3.04. The van der Waals surface area contributed by atoms with Gasteiger partial charge in [-0.05, 0) is 57.4 Å². The molecule has 0 bridgehead atoms. The molecular weight excluding hydrogens is 212 g/mol. The monoisotopic (exact) mass is 232 g/mol. The molecule has 0 heterocycles. The van der Waals surface area contributed by atoms with E-state index < -0.39 is 5.60 Å². The lowest BCUT2D eigenvalue weighted by atomic mass is 10.1. The maximum absolute atomic E-state index is 11.5. The van der Waals surface area contributed by atoms with Crippen molar-refractivity contribution in [2.24, 2.45) is 0 Å². The van der Waals surface area contributed by atoms with E-state index in [1.807, 2.05) is 32.9 Å². The number of rotatable bonds is 2. The van der Waals surface area contributed by atoms with Crippen LogP contribution in [0.2, 0.25) is 0 Å². The maximum Gasteiger partial charge on any atom is 0.331 e. The molecule has 17 heavy (non-hydrogen) atoms. The Labute approximate surface area is 103 Å². The second kappa shape index (κ2) is 5.17. The van der Waals surface area contributed by atoms with Gasteiger partial charge in [-0.25, -0.2) is 4.79 Å². The molecule has 0 fully saturated rings. The Kier molecular flexibility index (Phi) is 4.11. The standard InChI is InChI=1S/C15H20O2/c1-11-6-7-13(10-12(11)2)8-9-14(16)17-15(3,4)5/h6-10H,1-5H3/b9-8+. The fourth-order valence-electron chi connectivity index (χ4n) is 1.37. The lowest BCUT2D eigenvalue weighted by Gasteiger charge is -2.17. The predicted octanol–water partition coefficient (Wildman–Crippen LogP) is 3.66. The summed E-state index contributed by atoms with van der Waals surface area (Å²) < 4.78 is 5.19. The van der Waals surface area contributed by atoms with Gasteiger partial charge < -0.3 is 4.74 Å². The van der Waals surface area contributed by atoms with Crippen molar-refractivity contribution in [3.05, 3.63) is 41.0 Å². The van der Waals surface area contributed by atoms with Gasteiger partial charge in [0.2, 0.25) is 0 Å². The topological polar surface area (TPSA) is 26.3 Å². The molecule has 1 aromatic rings. The Morgan fingerprint density at radius 2 is 1.82 bits per heavy atom. The van der Waals surface area contributed by atoms with Crippen molar-refractivity contribution in [3.63, 3.8) is 0 Å². The molecule has 0 radical (unpaired) electrons. The highest BCUT2D eigenvalue weighted by molar-refractivity contribution is 5.87. The fraction of sp³-hybridized carbons (Fsp3) is 0.400. The minimum absolute atomic E-state index is 0.310. The third kappa shape index (κ3) is 4.85. The number of hydrogen-bond donors (Lipinski definition) is 0. The molecule has 1 rings (SSSR count). The van der Waals surface area contributed by atoms with Crippen LogP contribution in [0.15, 0.2) is 24.3 Å². The van der Waals surface area contributed by atoms with E-state index in [0.717, 1.165) is 5.56 Å². The van der Waals surface area contributed by atoms with Gasteiger partial charge in [-0.3, -0.25) is 0 Å². The normalized spacial score (nSPS) is 11.8. The van der Waals surface area contributed by atoms with E-state index in [4.69, 9.17) is 4.74 Å². The van der Waals surface area contributed by atoms with Crippen LogP contribution in [0, 0.1) is 13.8 Å². The lowest BCUT2D eigenvalue weighted by molar-refractivity contribution is -0.148. The highest BCUT2D eigenvalue weighted by atomic mass is 16.6. The third-order valence-electron chi connectivity index (χ3n) is 2.35. The van der Waals surface area contributed by atoms with Gasteiger partial charge in [0.05, 0.1) is 0 Å². The smallest absolute Gasteiger partial charge is 0.331 e. The quantitative estimate of drug-likeness (QED) is 0.574. The van der Waals surface area contributed by atoms with Crippen LogP contribution in [-0.4, -0.2) is 11.6 Å². The minimum Gasteiger partial charge on any atom is -0.457 e. The highest BCUT2D eigenvalue weighted by Gasteiger charge is 2.13. The van der Waals surface area contributed by atoms with Gasteiger partial charge in [-0.1, -0.05) is 18.2 Å². The number of carbonyl (C=O) groups is 1. The van der Waals surface area contributed by atoms with Crippen molar-refractivity contribution in [2.75, 3.05) is 0 Å². The summed E-state index contributed by atoms with van der Waals surface area (Å²) >= 11 is 0. The molecule has 0 amide bonds. The van der Waals surface area contributed by atoms with Gasteiger partial charge >= 0.3 is 5.97 Å². The number of benzene rings is 1. The first-order valence-electron chi connectivity index (χ1n) is 5.76. The van der Waals surface area contributed by atoms with Crippen LogP contribution in [-0.2, 0) is 9.53 Å². The van der Waals surface area contributed by atoms with Gasteiger partial charge in [-0.2, -0.15) is 0 Å². The molecule has 0 unspecified atom stereocenters. The summed E-state index contributed by atoms with van der Waals surface area (Å²) in [6.07, 6.45) is 3.25. The van der Waals surface area contributed by atoms with E-state index in [1.54, 1.807) is 6.08 Å². The van der Waals surface area contributed by atoms with Crippen molar-refractivity contribution < 1.29 is 9.53 Å². The summed E-state index contributed by atoms with van der Waals surface area (Å²) in [6.45, 7) is 9.69. The zero-order chi connectivity index (χ0) is 13.1. The zero-order valence-corrected chi connectivity index (χ0v) is 11.2. The fourth-order valence-corrected chi connectivity index (χ4v) is 1.37. The average Bonchev–Trinajstić information content (AvgIpc) is 2.17.